The summed E-state index contributed by atoms with van der Waals surface area (Å²) in [5.41, 5.74) is 3.74. The SMILES string of the molecule is CC(=O)c1ccc(N2C(=O)C[C@H](Sc3cccc(NC(=O)/C(=C\c4ccc(C(C)C)cc4)NC(=O)c4ccccc4)c3)C2=O)cc1. The van der Waals surface area contributed by atoms with Gasteiger partial charge in [0, 0.05) is 28.1 Å². The molecule has 4 aromatic carbocycles. The molecule has 0 bridgehead atoms. The highest BCUT2D eigenvalue weighted by Crippen LogP contribution is 2.35. The highest BCUT2D eigenvalue weighted by Gasteiger charge is 2.40. The van der Waals surface area contributed by atoms with E-state index in [-0.39, 0.29) is 29.7 Å². The Morgan fingerprint density at radius 1 is 0.848 bits per heavy atom. The van der Waals surface area contributed by atoms with Crippen molar-refractivity contribution in [1.29, 1.82) is 0 Å². The molecule has 8 nitrogen and oxygen atoms in total. The van der Waals surface area contributed by atoms with E-state index in [4.69, 9.17) is 0 Å². The van der Waals surface area contributed by atoms with Gasteiger partial charge in [0.1, 0.15) is 5.70 Å². The maximum Gasteiger partial charge on any atom is 0.272 e. The van der Waals surface area contributed by atoms with Gasteiger partial charge in [0.25, 0.3) is 11.8 Å². The molecular weight excluding hydrogens is 598 g/mol. The molecule has 1 heterocycles. The van der Waals surface area contributed by atoms with Crippen LogP contribution in [-0.2, 0) is 14.4 Å². The molecule has 4 aromatic rings. The number of imide groups is 1. The molecule has 1 aliphatic heterocycles. The van der Waals surface area contributed by atoms with Crippen LogP contribution in [0.5, 0.6) is 0 Å². The van der Waals surface area contributed by atoms with Gasteiger partial charge in [-0.1, -0.05) is 62.4 Å². The first-order valence-electron chi connectivity index (χ1n) is 14.8. The predicted octanol–water partition coefficient (Wildman–Crippen LogP) is 6.85. The molecule has 5 rings (SSSR count). The Kier molecular flexibility index (Phi) is 9.93. The molecule has 1 saturated heterocycles. The van der Waals surface area contributed by atoms with Crippen LogP contribution >= 0.6 is 11.8 Å². The molecule has 0 unspecified atom stereocenters. The Morgan fingerprint density at radius 2 is 1.54 bits per heavy atom. The minimum Gasteiger partial charge on any atom is -0.321 e. The van der Waals surface area contributed by atoms with E-state index in [0.29, 0.717) is 33.3 Å². The second-order valence-corrected chi connectivity index (χ2v) is 12.4. The van der Waals surface area contributed by atoms with Crippen molar-refractivity contribution in [2.75, 3.05) is 10.2 Å². The minimum absolute atomic E-state index is 0.0164. The molecule has 9 heteroatoms. The number of carbonyl (C=O) groups is 5. The van der Waals surface area contributed by atoms with Gasteiger partial charge in [-0.15, -0.1) is 11.8 Å². The summed E-state index contributed by atoms with van der Waals surface area (Å²) in [4.78, 5) is 66.1. The lowest BCUT2D eigenvalue weighted by Crippen LogP contribution is -2.31. The van der Waals surface area contributed by atoms with Crippen molar-refractivity contribution in [2.45, 2.75) is 43.3 Å². The highest BCUT2D eigenvalue weighted by molar-refractivity contribution is 8.00. The highest BCUT2D eigenvalue weighted by atomic mass is 32.2. The fraction of sp³-hybridized carbons (Fsp3) is 0.162. The summed E-state index contributed by atoms with van der Waals surface area (Å²) >= 11 is 1.23. The fourth-order valence-corrected chi connectivity index (χ4v) is 6.02. The summed E-state index contributed by atoms with van der Waals surface area (Å²) in [6.45, 7) is 5.65. The van der Waals surface area contributed by atoms with Crippen molar-refractivity contribution in [3.8, 4) is 0 Å². The number of hydrogen-bond acceptors (Lipinski definition) is 6. The first-order chi connectivity index (χ1) is 22.1. The average Bonchev–Trinajstić information content (AvgIpc) is 3.33. The Bertz CT molecular complexity index is 1820. The van der Waals surface area contributed by atoms with Crippen LogP contribution in [0.2, 0.25) is 0 Å². The summed E-state index contributed by atoms with van der Waals surface area (Å²) in [7, 11) is 0. The van der Waals surface area contributed by atoms with Gasteiger partial charge in [0.15, 0.2) is 5.78 Å². The van der Waals surface area contributed by atoms with Gasteiger partial charge < -0.3 is 10.6 Å². The van der Waals surface area contributed by atoms with E-state index < -0.39 is 17.1 Å². The van der Waals surface area contributed by atoms with Gasteiger partial charge in [-0.2, -0.15) is 0 Å². The molecule has 232 valence electrons. The second-order valence-electron chi connectivity index (χ2n) is 11.2. The van der Waals surface area contributed by atoms with E-state index in [1.807, 2.05) is 24.3 Å². The lowest BCUT2D eigenvalue weighted by atomic mass is 10.0. The van der Waals surface area contributed by atoms with E-state index in [0.717, 1.165) is 16.0 Å². The number of nitrogens with zero attached hydrogens (tertiary/aromatic N) is 1. The van der Waals surface area contributed by atoms with Gasteiger partial charge >= 0.3 is 0 Å². The number of carbonyl (C=O) groups excluding carboxylic acids is 5. The van der Waals surface area contributed by atoms with Crippen LogP contribution < -0.4 is 15.5 Å². The van der Waals surface area contributed by atoms with Crippen LogP contribution in [-0.4, -0.2) is 34.7 Å². The first-order valence-corrected chi connectivity index (χ1v) is 15.7. The lowest BCUT2D eigenvalue weighted by molar-refractivity contribution is -0.121. The number of anilines is 2. The number of rotatable bonds is 10. The molecule has 46 heavy (non-hydrogen) atoms. The van der Waals surface area contributed by atoms with Crippen LogP contribution in [0.3, 0.4) is 0 Å². The van der Waals surface area contributed by atoms with Crippen molar-refractivity contribution >= 4 is 58.6 Å². The van der Waals surface area contributed by atoms with E-state index in [1.54, 1.807) is 84.9 Å². The van der Waals surface area contributed by atoms with Gasteiger partial charge in [-0.05, 0) is 84.6 Å². The summed E-state index contributed by atoms with van der Waals surface area (Å²) in [6, 6.07) is 29.8. The normalized spacial score (nSPS) is 14.8. The zero-order valence-electron chi connectivity index (χ0n) is 25.7. The molecule has 0 spiro atoms. The number of nitrogens with one attached hydrogen (secondary N) is 2. The van der Waals surface area contributed by atoms with E-state index in [2.05, 4.69) is 24.5 Å². The van der Waals surface area contributed by atoms with Crippen molar-refractivity contribution in [3.63, 3.8) is 0 Å². The monoisotopic (exact) mass is 631 g/mol. The predicted molar refractivity (Wildman–Crippen MR) is 181 cm³/mol. The van der Waals surface area contributed by atoms with E-state index in [9.17, 15) is 24.0 Å². The Labute approximate surface area is 271 Å². The third-order valence-corrected chi connectivity index (χ3v) is 8.63. The van der Waals surface area contributed by atoms with Crippen LogP contribution in [0.4, 0.5) is 11.4 Å². The van der Waals surface area contributed by atoms with Crippen molar-refractivity contribution in [2.24, 2.45) is 0 Å². The summed E-state index contributed by atoms with van der Waals surface area (Å²) < 4.78 is 0. The number of thioether (sulfide) groups is 1. The zero-order chi connectivity index (χ0) is 32.8. The number of Topliss-reactive ketones (excluding diaryl/α,β-unsaturated/α-hetero) is 1. The number of benzene rings is 4. The zero-order valence-corrected chi connectivity index (χ0v) is 26.5. The third kappa shape index (κ3) is 7.68. The van der Waals surface area contributed by atoms with Gasteiger partial charge in [-0.25, -0.2) is 4.90 Å². The minimum atomic E-state index is -0.652. The molecule has 1 atom stereocenters. The molecule has 2 N–H and O–H groups in total. The maximum absolute atomic E-state index is 13.5. The van der Waals surface area contributed by atoms with E-state index in [1.165, 1.54) is 18.7 Å². The summed E-state index contributed by atoms with van der Waals surface area (Å²) in [6.07, 6.45) is 1.64. The molecule has 0 aromatic heterocycles. The summed E-state index contributed by atoms with van der Waals surface area (Å²) in [5, 5.41) is 4.96. The van der Waals surface area contributed by atoms with Crippen molar-refractivity contribution < 1.29 is 24.0 Å². The van der Waals surface area contributed by atoms with Crippen LogP contribution in [0.25, 0.3) is 6.08 Å². The summed E-state index contributed by atoms with van der Waals surface area (Å²) in [5.74, 6) is -1.37. The topological polar surface area (TPSA) is 113 Å². The quantitative estimate of drug-likeness (QED) is 0.113. The van der Waals surface area contributed by atoms with Crippen molar-refractivity contribution in [1.82, 2.24) is 5.32 Å². The van der Waals surface area contributed by atoms with Crippen LogP contribution in [0.15, 0.2) is 114 Å². The number of hydrogen-bond donors (Lipinski definition) is 2. The van der Waals surface area contributed by atoms with Gasteiger partial charge in [0.2, 0.25) is 11.8 Å². The molecule has 1 aliphatic rings. The van der Waals surface area contributed by atoms with Gasteiger partial charge in [-0.3, -0.25) is 24.0 Å². The molecule has 4 amide bonds. The lowest BCUT2D eigenvalue weighted by Gasteiger charge is -2.15. The molecule has 1 fully saturated rings. The number of amides is 4. The third-order valence-electron chi connectivity index (χ3n) is 7.45. The average molecular weight is 632 g/mol. The Morgan fingerprint density at radius 3 is 2.20 bits per heavy atom. The Hall–Kier alpha value is -5.28. The molecule has 0 radical (unpaired) electrons. The Balaban J connectivity index is 1.32. The molecule has 0 saturated carbocycles. The molecular formula is C37H33N3O5S. The smallest absolute Gasteiger partial charge is 0.272 e. The second kappa shape index (κ2) is 14.2. The van der Waals surface area contributed by atoms with Crippen molar-refractivity contribution in [3.05, 3.63) is 131 Å². The van der Waals surface area contributed by atoms with Crippen LogP contribution in [0, 0.1) is 0 Å². The number of ketones is 1. The first kappa shape index (κ1) is 32.1. The van der Waals surface area contributed by atoms with Crippen LogP contribution in [0.1, 0.15) is 65.0 Å². The largest absolute Gasteiger partial charge is 0.321 e. The molecule has 0 aliphatic carbocycles. The maximum atomic E-state index is 13.5. The van der Waals surface area contributed by atoms with Gasteiger partial charge in [0.05, 0.1) is 10.9 Å². The van der Waals surface area contributed by atoms with E-state index >= 15 is 0 Å². The fourth-order valence-electron chi connectivity index (χ4n) is 4.91. The standard InChI is InChI=1S/C37H33N3O5S/c1-23(2)26-14-12-25(13-15-26)20-32(39-35(43)28-8-5-4-6-9-28)36(44)38-29-10-7-11-31(21-29)46-33-22-34(42)40(37(33)45)30-18-16-27(17-19-30)24(3)41/h4-21,23,33H,22H2,1-3H3,(H,38,44)(H,39,43)/b32-20+/t33-/m0/s1.